The highest BCUT2D eigenvalue weighted by Crippen LogP contribution is 2.23. The van der Waals surface area contributed by atoms with Gasteiger partial charge in [0.2, 0.25) is 0 Å². The maximum Gasteiger partial charge on any atom is 0.0562 e. The van der Waals surface area contributed by atoms with Gasteiger partial charge in [-0.05, 0) is 43.4 Å². The van der Waals surface area contributed by atoms with Crippen LogP contribution < -0.4 is 10.2 Å². The van der Waals surface area contributed by atoms with Gasteiger partial charge < -0.3 is 15.0 Å². The summed E-state index contributed by atoms with van der Waals surface area (Å²) in [4.78, 5) is 6.94. The van der Waals surface area contributed by atoms with Gasteiger partial charge in [0.15, 0.2) is 0 Å². The minimum absolute atomic E-state index is 0.674. The highest BCUT2D eigenvalue weighted by Gasteiger charge is 2.19. The number of hydrogen-bond donors (Lipinski definition) is 1. The van der Waals surface area contributed by atoms with Crippen LogP contribution in [0.4, 0.5) is 5.69 Å². The molecule has 0 atom stereocenters. The highest BCUT2D eigenvalue weighted by atomic mass is 16.5. The van der Waals surface area contributed by atoms with Crippen molar-refractivity contribution in [3.05, 3.63) is 24.0 Å². The van der Waals surface area contributed by atoms with Crippen molar-refractivity contribution >= 4 is 5.69 Å². The molecule has 1 aromatic heterocycles. The Morgan fingerprint density at radius 1 is 1.38 bits per heavy atom. The van der Waals surface area contributed by atoms with E-state index in [0.717, 1.165) is 44.4 Å². The molecule has 0 amide bonds. The molecule has 1 N–H and O–H groups in total. The summed E-state index contributed by atoms with van der Waals surface area (Å²) in [7, 11) is 1.80. The molecule has 0 saturated carbocycles. The van der Waals surface area contributed by atoms with E-state index in [2.05, 4.69) is 41.2 Å². The molecule has 0 unspecified atom stereocenters. The van der Waals surface area contributed by atoms with Crippen LogP contribution >= 0.6 is 0 Å². The Labute approximate surface area is 128 Å². The van der Waals surface area contributed by atoms with Crippen molar-refractivity contribution in [3.63, 3.8) is 0 Å². The number of anilines is 1. The molecule has 1 aliphatic heterocycles. The number of methoxy groups -OCH3 is 1. The van der Waals surface area contributed by atoms with Gasteiger partial charge in [-0.3, -0.25) is 4.98 Å². The Morgan fingerprint density at radius 2 is 2.14 bits per heavy atom. The number of rotatable bonds is 7. The fourth-order valence-corrected chi connectivity index (χ4v) is 2.84. The van der Waals surface area contributed by atoms with E-state index >= 15 is 0 Å². The molecule has 0 aliphatic carbocycles. The molecule has 4 nitrogen and oxygen atoms in total. The quantitative estimate of drug-likeness (QED) is 0.838. The van der Waals surface area contributed by atoms with Crippen LogP contribution in [0, 0.1) is 11.8 Å². The first-order valence-corrected chi connectivity index (χ1v) is 8.08. The van der Waals surface area contributed by atoms with Crippen molar-refractivity contribution in [2.24, 2.45) is 11.8 Å². The van der Waals surface area contributed by atoms with E-state index in [1.807, 2.05) is 6.20 Å². The Morgan fingerprint density at radius 3 is 2.81 bits per heavy atom. The molecule has 0 spiro atoms. The lowest BCUT2D eigenvalue weighted by molar-refractivity contribution is 0.139. The highest BCUT2D eigenvalue weighted by molar-refractivity contribution is 5.46. The summed E-state index contributed by atoms with van der Waals surface area (Å²) in [5.41, 5.74) is 2.44. The summed E-state index contributed by atoms with van der Waals surface area (Å²) >= 11 is 0. The minimum Gasteiger partial charge on any atom is -0.384 e. The van der Waals surface area contributed by atoms with Crippen LogP contribution in [0.25, 0.3) is 0 Å². The van der Waals surface area contributed by atoms with Crippen LogP contribution in [0.15, 0.2) is 18.3 Å². The topological polar surface area (TPSA) is 37.4 Å². The van der Waals surface area contributed by atoms with Gasteiger partial charge in [-0.1, -0.05) is 13.8 Å². The lowest BCUT2D eigenvalue weighted by atomic mass is 9.97. The molecule has 1 saturated heterocycles. The van der Waals surface area contributed by atoms with Gasteiger partial charge in [-0.25, -0.2) is 0 Å². The third-order valence-electron chi connectivity index (χ3n) is 4.04. The van der Waals surface area contributed by atoms with E-state index < -0.39 is 0 Å². The van der Waals surface area contributed by atoms with Crippen molar-refractivity contribution in [1.82, 2.24) is 10.3 Å². The summed E-state index contributed by atoms with van der Waals surface area (Å²) in [6.45, 7) is 9.48. The number of aromatic nitrogens is 1. The van der Waals surface area contributed by atoms with Crippen molar-refractivity contribution in [1.29, 1.82) is 0 Å². The summed E-state index contributed by atoms with van der Waals surface area (Å²) < 4.78 is 5.27. The van der Waals surface area contributed by atoms with Crippen molar-refractivity contribution in [3.8, 4) is 0 Å². The molecule has 0 bridgehead atoms. The second-order valence-electron chi connectivity index (χ2n) is 6.42. The standard InChI is InChI=1S/C17H29N3O/c1-14(2)11-18-12-16-10-17(4-7-19-16)20-8-5-15(6-9-20)13-21-3/h4,7,10,14-15,18H,5-6,8-9,11-13H2,1-3H3. The van der Waals surface area contributed by atoms with Gasteiger partial charge in [-0.15, -0.1) is 0 Å². The predicted octanol–water partition coefficient (Wildman–Crippen LogP) is 2.69. The Bertz CT molecular complexity index is 414. The number of piperidine rings is 1. The summed E-state index contributed by atoms with van der Waals surface area (Å²) in [5, 5.41) is 3.46. The van der Waals surface area contributed by atoms with Gasteiger partial charge in [0.1, 0.15) is 0 Å². The van der Waals surface area contributed by atoms with E-state index in [-0.39, 0.29) is 0 Å². The zero-order chi connectivity index (χ0) is 15.1. The van der Waals surface area contributed by atoms with E-state index in [1.54, 1.807) is 7.11 Å². The molecular weight excluding hydrogens is 262 g/mol. The average molecular weight is 291 g/mol. The maximum absolute atomic E-state index is 5.27. The number of nitrogens with zero attached hydrogens (tertiary/aromatic N) is 2. The zero-order valence-electron chi connectivity index (χ0n) is 13.6. The second kappa shape index (κ2) is 8.35. The summed E-state index contributed by atoms with van der Waals surface area (Å²) in [6.07, 6.45) is 4.37. The first-order chi connectivity index (χ1) is 10.2. The third kappa shape index (κ3) is 5.29. The number of hydrogen-bond acceptors (Lipinski definition) is 4. The predicted molar refractivity (Wildman–Crippen MR) is 87.6 cm³/mol. The molecule has 1 aliphatic rings. The maximum atomic E-state index is 5.27. The van der Waals surface area contributed by atoms with Crippen LogP contribution in [-0.2, 0) is 11.3 Å². The molecule has 0 radical (unpaired) electrons. The zero-order valence-corrected chi connectivity index (χ0v) is 13.6. The van der Waals surface area contributed by atoms with E-state index in [1.165, 1.54) is 18.5 Å². The molecule has 2 heterocycles. The molecule has 4 heteroatoms. The van der Waals surface area contributed by atoms with Crippen LogP contribution in [0.1, 0.15) is 32.4 Å². The Kier molecular flexibility index (Phi) is 6.46. The summed E-state index contributed by atoms with van der Waals surface area (Å²) in [6, 6.07) is 4.35. The molecule has 21 heavy (non-hydrogen) atoms. The fraction of sp³-hybridized carbons (Fsp3) is 0.706. The van der Waals surface area contributed by atoms with Crippen molar-refractivity contribution in [2.75, 3.05) is 38.3 Å². The number of ether oxygens (including phenoxy) is 1. The smallest absolute Gasteiger partial charge is 0.0562 e. The average Bonchev–Trinajstić information content (AvgIpc) is 2.48. The van der Waals surface area contributed by atoms with Gasteiger partial charge >= 0.3 is 0 Å². The molecular formula is C17H29N3O. The third-order valence-corrected chi connectivity index (χ3v) is 4.04. The van der Waals surface area contributed by atoms with E-state index in [9.17, 15) is 0 Å². The molecule has 1 fully saturated rings. The Hall–Kier alpha value is -1.13. The van der Waals surface area contributed by atoms with Gasteiger partial charge in [0.05, 0.1) is 5.69 Å². The van der Waals surface area contributed by atoms with Crippen LogP contribution in [0.2, 0.25) is 0 Å². The molecule has 118 valence electrons. The van der Waals surface area contributed by atoms with E-state index in [0.29, 0.717) is 5.92 Å². The van der Waals surface area contributed by atoms with Gasteiger partial charge in [0.25, 0.3) is 0 Å². The van der Waals surface area contributed by atoms with Crippen molar-refractivity contribution < 1.29 is 4.74 Å². The summed E-state index contributed by atoms with van der Waals surface area (Å²) in [5.74, 6) is 1.40. The molecule has 2 rings (SSSR count). The monoisotopic (exact) mass is 291 g/mol. The number of nitrogens with one attached hydrogen (secondary N) is 1. The van der Waals surface area contributed by atoms with Crippen LogP contribution in [0.3, 0.4) is 0 Å². The van der Waals surface area contributed by atoms with E-state index in [4.69, 9.17) is 4.74 Å². The molecule has 1 aromatic rings. The van der Waals surface area contributed by atoms with Crippen molar-refractivity contribution in [2.45, 2.75) is 33.2 Å². The Balaban J connectivity index is 1.86. The largest absolute Gasteiger partial charge is 0.384 e. The minimum atomic E-state index is 0.674. The first-order valence-electron chi connectivity index (χ1n) is 8.08. The molecule has 0 aromatic carbocycles. The number of pyridine rings is 1. The lowest BCUT2D eigenvalue weighted by Crippen LogP contribution is -2.35. The normalized spacial score (nSPS) is 16.7. The van der Waals surface area contributed by atoms with Crippen LogP contribution in [0.5, 0.6) is 0 Å². The SMILES string of the molecule is COCC1CCN(c2ccnc(CNCC(C)C)c2)CC1. The fourth-order valence-electron chi connectivity index (χ4n) is 2.84. The van der Waals surface area contributed by atoms with Crippen LogP contribution in [-0.4, -0.2) is 38.3 Å². The van der Waals surface area contributed by atoms with Gasteiger partial charge in [-0.2, -0.15) is 0 Å². The first kappa shape index (κ1) is 16.2. The second-order valence-corrected chi connectivity index (χ2v) is 6.42. The van der Waals surface area contributed by atoms with Gasteiger partial charge in [0, 0.05) is 45.2 Å². The lowest BCUT2D eigenvalue weighted by Gasteiger charge is -2.33.